The van der Waals surface area contributed by atoms with Crippen LogP contribution >= 0.6 is 0 Å². The number of hydrogen-bond donors (Lipinski definition) is 2. The largest absolute Gasteiger partial charge is 0.481 e. The van der Waals surface area contributed by atoms with Gasteiger partial charge in [-0.25, -0.2) is 0 Å². The molecule has 21 heavy (non-hydrogen) atoms. The quantitative estimate of drug-likeness (QED) is 0.839. The molecule has 0 unspecified atom stereocenters. The molecule has 2 aliphatic carbocycles. The molecule has 1 saturated carbocycles. The van der Waals surface area contributed by atoms with E-state index >= 15 is 0 Å². The molecule has 1 aromatic rings. The minimum atomic E-state index is -0.867. The maximum absolute atomic E-state index is 12.6. The number of aliphatic carboxylic acids is 1. The topological polar surface area (TPSA) is 66.4 Å². The molecule has 2 aliphatic rings. The van der Waals surface area contributed by atoms with Gasteiger partial charge in [-0.15, -0.1) is 0 Å². The third kappa shape index (κ3) is 2.24. The Labute approximate surface area is 123 Å². The summed E-state index contributed by atoms with van der Waals surface area (Å²) in [6.45, 7) is 3.88. The summed E-state index contributed by atoms with van der Waals surface area (Å²) in [4.78, 5) is 24.1. The maximum Gasteiger partial charge on any atom is 0.307 e. The zero-order valence-corrected chi connectivity index (χ0v) is 12.2. The van der Waals surface area contributed by atoms with Crippen LogP contribution in [0.5, 0.6) is 0 Å². The molecule has 0 saturated heterocycles. The van der Waals surface area contributed by atoms with Crippen LogP contribution in [-0.2, 0) is 9.59 Å². The van der Waals surface area contributed by atoms with E-state index in [-0.39, 0.29) is 17.7 Å². The van der Waals surface area contributed by atoms with E-state index in [0.29, 0.717) is 0 Å². The van der Waals surface area contributed by atoms with E-state index in [9.17, 15) is 14.7 Å². The SMILES string of the molecule is Cc1cccc(C)c1NC(=O)[C@H]1[C@H](C(=O)O)[C@H]2C=C[C@H]1C2. The number of hydrogen-bond acceptors (Lipinski definition) is 2. The van der Waals surface area contributed by atoms with Crippen molar-refractivity contribution in [3.63, 3.8) is 0 Å². The molecule has 0 aliphatic heterocycles. The molecule has 4 atom stereocenters. The Morgan fingerprint density at radius 1 is 1.10 bits per heavy atom. The highest BCUT2D eigenvalue weighted by Gasteiger charge is 2.51. The van der Waals surface area contributed by atoms with E-state index in [1.165, 1.54) is 0 Å². The number of carbonyl (C=O) groups is 2. The molecule has 4 nitrogen and oxygen atoms in total. The number of anilines is 1. The molecular formula is C17H19NO3. The predicted molar refractivity (Wildman–Crippen MR) is 79.9 cm³/mol. The van der Waals surface area contributed by atoms with Gasteiger partial charge >= 0.3 is 5.97 Å². The van der Waals surface area contributed by atoms with Gasteiger partial charge in [0.1, 0.15) is 0 Å². The Kier molecular flexibility index (Phi) is 3.32. The summed E-state index contributed by atoms with van der Waals surface area (Å²) in [6.07, 6.45) is 4.73. The van der Waals surface area contributed by atoms with Crippen LogP contribution in [-0.4, -0.2) is 17.0 Å². The lowest BCUT2D eigenvalue weighted by atomic mass is 9.82. The van der Waals surface area contributed by atoms with Crippen molar-refractivity contribution >= 4 is 17.6 Å². The second-order valence-electron chi connectivity index (χ2n) is 6.09. The van der Waals surface area contributed by atoms with Crippen LogP contribution in [0.2, 0.25) is 0 Å². The van der Waals surface area contributed by atoms with E-state index in [0.717, 1.165) is 23.2 Å². The number of nitrogens with one attached hydrogen (secondary N) is 1. The van der Waals surface area contributed by atoms with Gasteiger partial charge in [-0.1, -0.05) is 30.4 Å². The van der Waals surface area contributed by atoms with Crippen LogP contribution in [0.4, 0.5) is 5.69 Å². The van der Waals surface area contributed by atoms with E-state index in [2.05, 4.69) is 5.32 Å². The molecule has 4 heteroatoms. The zero-order chi connectivity index (χ0) is 15.1. The fourth-order valence-electron chi connectivity index (χ4n) is 3.73. The number of carboxylic acids is 1. The summed E-state index contributed by atoms with van der Waals surface area (Å²) < 4.78 is 0. The Balaban J connectivity index is 1.85. The van der Waals surface area contributed by atoms with E-state index in [1.807, 2.05) is 44.2 Å². The average molecular weight is 285 g/mol. The molecule has 0 aromatic heterocycles. The van der Waals surface area contributed by atoms with Gasteiger partial charge in [-0.2, -0.15) is 0 Å². The first kappa shape index (κ1) is 13.9. The molecule has 1 aromatic carbocycles. The standard InChI is InChI=1S/C17H19NO3/c1-9-4-3-5-10(2)15(9)18-16(19)13-11-6-7-12(8-11)14(13)17(20)21/h3-7,11-14H,8H2,1-2H3,(H,18,19)(H,20,21)/t11-,12-,13+,14+/m0/s1. The van der Waals surface area contributed by atoms with Crippen LogP contribution in [0, 0.1) is 37.5 Å². The van der Waals surface area contributed by atoms with Gasteiger partial charge in [0.2, 0.25) is 5.91 Å². The van der Waals surface area contributed by atoms with Crippen molar-refractivity contribution < 1.29 is 14.7 Å². The second-order valence-corrected chi connectivity index (χ2v) is 6.09. The highest BCUT2D eigenvalue weighted by Crippen LogP contribution is 2.48. The molecule has 2 bridgehead atoms. The number of amides is 1. The Hall–Kier alpha value is -2.10. The number of aryl methyl sites for hydroxylation is 2. The van der Waals surface area contributed by atoms with Crippen LogP contribution in [0.3, 0.4) is 0 Å². The summed E-state index contributed by atoms with van der Waals surface area (Å²) in [5, 5.41) is 12.4. The number of carboxylic acid groups (broad SMARTS) is 1. The number of fused-ring (bicyclic) bond motifs is 2. The molecule has 110 valence electrons. The Bertz CT molecular complexity index is 615. The van der Waals surface area contributed by atoms with Crippen molar-refractivity contribution in [1.29, 1.82) is 0 Å². The smallest absolute Gasteiger partial charge is 0.307 e. The van der Waals surface area contributed by atoms with E-state index < -0.39 is 17.8 Å². The fraction of sp³-hybridized carbons (Fsp3) is 0.412. The molecule has 3 rings (SSSR count). The average Bonchev–Trinajstić information content (AvgIpc) is 3.03. The first-order chi connectivity index (χ1) is 9.99. The van der Waals surface area contributed by atoms with Crippen molar-refractivity contribution in [3.8, 4) is 0 Å². The number of para-hydroxylation sites is 1. The molecular weight excluding hydrogens is 266 g/mol. The van der Waals surface area contributed by atoms with Gasteiger partial charge in [0.15, 0.2) is 0 Å². The van der Waals surface area contributed by atoms with Crippen molar-refractivity contribution in [1.82, 2.24) is 0 Å². The van der Waals surface area contributed by atoms with Gasteiger partial charge in [0.05, 0.1) is 11.8 Å². The summed E-state index contributed by atoms with van der Waals surface area (Å²) in [7, 11) is 0. The summed E-state index contributed by atoms with van der Waals surface area (Å²) in [5.41, 5.74) is 2.79. The molecule has 0 heterocycles. The van der Waals surface area contributed by atoms with E-state index in [4.69, 9.17) is 0 Å². The van der Waals surface area contributed by atoms with Crippen LogP contribution < -0.4 is 5.32 Å². The summed E-state index contributed by atoms with van der Waals surface area (Å²) in [5.74, 6) is -2.03. The molecule has 0 radical (unpaired) electrons. The van der Waals surface area contributed by atoms with Crippen molar-refractivity contribution in [2.24, 2.45) is 23.7 Å². The third-order valence-electron chi connectivity index (χ3n) is 4.78. The summed E-state index contributed by atoms with van der Waals surface area (Å²) >= 11 is 0. The number of benzene rings is 1. The Morgan fingerprint density at radius 3 is 2.24 bits per heavy atom. The highest BCUT2D eigenvalue weighted by molar-refractivity contribution is 5.97. The van der Waals surface area contributed by atoms with Gasteiger partial charge in [-0.05, 0) is 43.2 Å². The molecule has 1 fully saturated rings. The van der Waals surface area contributed by atoms with Gasteiger partial charge < -0.3 is 10.4 Å². The minimum absolute atomic E-state index is 0.00113. The second kappa shape index (κ2) is 5.02. The first-order valence-corrected chi connectivity index (χ1v) is 7.27. The lowest BCUT2D eigenvalue weighted by molar-refractivity contribution is -0.146. The number of rotatable bonds is 3. The Morgan fingerprint density at radius 2 is 1.67 bits per heavy atom. The number of allylic oxidation sites excluding steroid dienone is 2. The normalized spacial score (nSPS) is 29.6. The van der Waals surface area contributed by atoms with Crippen molar-refractivity contribution in [3.05, 3.63) is 41.5 Å². The van der Waals surface area contributed by atoms with Gasteiger partial charge in [0.25, 0.3) is 0 Å². The minimum Gasteiger partial charge on any atom is -0.481 e. The molecule has 2 N–H and O–H groups in total. The third-order valence-corrected chi connectivity index (χ3v) is 4.78. The van der Waals surface area contributed by atoms with Gasteiger partial charge in [0, 0.05) is 5.69 Å². The van der Waals surface area contributed by atoms with Crippen LogP contribution in [0.25, 0.3) is 0 Å². The first-order valence-electron chi connectivity index (χ1n) is 7.27. The lowest BCUT2D eigenvalue weighted by Crippen LogP contribution is -2.36. The molecule has 1 amide bonds. The lowest BCUT2D eigenvalue weighted by Gasteiger charge is -2.24. The maximum atomic E-state index is 12.6. The number of carbonyl (C=O) groups excluding carboxylic acids is 1. The summed E-state index contributed by atoms with van der Waals surface area (Å²) in [6, 6.07) is 5.83. The van der Waals surface area contributed by atoms with Crippen LogP contribution in [0.15, 0.2) is 30.4 Å². The van der Waals surface area contributed by atoms with Crippen molar-refractivity contribution in [2.75, 3.05) is 5.32 Å². The van der Waals surface area contributed by atoms with Crippen LogP contribution in [0.1, 0.15) is 17.5 Å². The fourth-order valence-corrected chi connectivity index (χ4v) is 3.73. The molecule has 0 spiro atoms. The monoisotopic (exact) mass is 285 g/mol. The van der Waals surface area contributed by atoms with E-state index in [1.54, 1.807) is 0 Å². The zero-order valence-electron chi connectivity index (χ0n) is 12.2. The predicted octanol–water partition coefficient (Wildman–Crippen LogP) is 2.76. The van der Waals surface area contributed by atoms with Crippen molar-refractivity contribution in [2.45, 2.75) is 20.3 Å². The highest BCUT2D eigenvalue weighted by atomic mass is 16.4. The van der Waals surface area contributed by atoms with Gasteiger partial charge in [-0.3, -0.25) is 9.59 Å².